The molecule has 0 N–H and O–H groups in total. The number of rotatable bonds is 6. The number of amides is 1. The Kier molecular flexibility index (Phi) is 6.50. The van der Waals surface area contributed by atoms with E-state index < -0.39 is 10.0 Å². The molecule has 0 radical (unpaired) electrons. The van der Waals surface area contributed by atoms with Crippen LogP contribution in [0.1, 0.15) is 31.2 Å². The molecule has 30 heavy (non-hydrogen) atoms. The van der Waals surface area contributed by atoms with Crippen molar-refractivity contribution in [3.63, 3.8) is 0 Å². The molecule has 3 heterocycles. The molecule has 1 fully saturated rings. The Bertz CT molecular complexity index is 1020. The standard InChI is InChI=1S/C21H24N4O3S2/c26-21(25-14-11-19(23-25)17-7-3-1-4-8-17)16-29-20-10-9-18(15-22-20)30(27,28)24-12-5-2-6-13-24/h1,3-4,7-10,15H,2,5-6,11-14,16H2. The van der Waals surface area contributed by atoms with Gasteiger partial charge in [0, 0.05) is 25.7 Å². The maximum Gasteiger partial charge on any atom is 0.253 e. The van der Waals surface area contributed by atoms with Gasteiger partial charge in [-0.05, 0) is 30.5 Å². The number of hydrazone groups is 1. The number of thioether (sulfide) groups is 1. The van der Waals surface area contributed by atoms with Crippen molar-refractivity contribution < 1.29 is 13.2 Å². The third kappa shape index (κ3) is 4.74. The highest BCUT2D eigenvalue weighted by Gasteiger charge is 2.26. The molecule has 2 aromatic rings. The lowest BCUT2D eigenvalue weighted by Crippen LogP contribution is -2.35. The Balaban J connectivity index is 1.34. The van der Waals surface area contributed by atoms with Crippen LogP contribution < -0.4 is 0 Å². The van der Waals surface area contributed by atoms with Gasteiger partial charge in [0.1, 0.15) is 4.90 Å². The van der Waals surface area contributed by atoms with Crippen LogP contribution in [0.3, 0.4) is 0 Å². The van der Waals surface area contributed by atoms with Crippen LogP contribution in [0.5, 0.6) is 0 Å². The third-order valence-electron chi connectivity index (χ3n) is 5.20. The average Bonchev–Trinajstić information content (AvgIpc) is 3.29. The van der Waals surface area contributed by atoms with Gasteiger partial charge in [-0.15, -0.1) is 0 Å². The highest BCUT2D eigenvalue weighted by atomic mass is 32.2. The number of hydrogen-bond acceptors (Lipinski definition) is 6. The van der Waals surface area contributed by atoms with Crippen molar-refractivity contribution in [2.75, 3.05) is 25.4 Å². The van der Waals surface area contributed by atoms with E-state index in [2.05, 4.69) is 10.1 Å². The van der Waals surface area contributed by atoms with Crippen LogP contribution in [0.25, 0.3) is 0 Å². The topological polar surface area (TPSA) is 82.9 Å². The maximum atomic E-state index is 12.7. The molecular formula is C21H24N4O3S2. The van der Waals surface area contributed by atoms with Crippen molar-refractivity contribution in [3.05, 3.63) is 54.2 Å². The van der Waals surface area contributed by atoms with E-state index in [9.17, 15) is 13.2 Å². The molecular weight excluding hydrogens is 420 g/mol. The molecule has 1 amide bonds. The lowest BCUT2D eigenvalue weighted by Gasteiger charge is -2.25. The average molecular weight is 445 g/mol. The molecule has 0 spiro atoms. The second kappa shape index (κ2) is 9.28. The summed E-state index contributed by atoms with van der Waals surface area (Å²) in [5.74, 6) is 0.120. The maximum absolute atomic E-state index is 12.7. The summed E-state index contributed by atoms with van der Waals surface area (Å²) in [7, 11) is -3.49. The number of sulfonamides is 1. The highest BCUT2D eigenvalue weighted by molar-refractivity contribution is 7.99. The molecule has 2 aliphatic rings. The summed E-state index contributed by atoms with van der Waals surface area (Å²) in [4.78, 5) is 17.0. The van der Waals surface area contributed by atoms with Crippen LogP contribution >= 0.6 is 11.8 Å². The summed E-state index contributed by atoms with van der Waals surface area (Å²) in [6.45, 7) is 1.70. The van der Waals surface area contributed by atoms with E-state index in [4.69, 9.17) is 0 Å². The first-order valence-electron chi connectivity index (χ1n) is 10.1. The third-order valence-corrected chi connectivity index (χ3v) is 8.01. The number of aromatic nitrogens is 1. The summed E-state index contributed by atoms with van der Waals surface area (Å²) < 4.78 is 26.9. The van der Waals surface area contributed by atoms with Gasteiger partial charge in [-0.1, -0.05) is 48.5 Å². The molecule has 1 saturated heterocycles. The molecule has 0 bridgehead atoms. The Morgan fingerprint density at radius 2 is 1.77 bits per heavy atom. The number of hydrogen-bond donors (Lipinski definition) is 0. The zero-order valence-electron chi connectivity index (χ0n) is 16.6. The fourth-order valence-electron chi connectivity index (χ4n) is 3.54. The first-order valence-corrected chi connectivity index (χ1v) is 12.5. The summed E-state index contributed by atoms with van der Waals surface area (Å²) in [5.41, 5.74) is 1.95. The first kappa shape index (κ1) is 21.0. The van der Waals surface area contributed by atoms with Gasteiger partial charge in [0.05, 0.1) is 23.0 Å². The number of carbonyl (C=O) groups is 1. The van der Waals surface area contributed by atoms with Crippen molar-refractivity contribution in [1.29, 1.82) is 0 Å². The minimum absolute atomic E-state index is 0.0854. The quantitative estimate of drug-likeness (QED) is 0.640. The molecule has 0 saturated carbocycles. The Morgan fingerprint density at radius 3 is 2.47 bits per heavy atom. The zero-order chi connectivity index (χ0) is 21.0. The highest BCUT2D eigenvalue weighted by Crippen LogP contribution is 2.23. The smallest absolute Gasteiger partial charge is 0.253 e. The number of pyridine rings is 1. The van der Waals surface area contributed by atoms with Gasteiger partial charge in [0.25, 0.3) is 5.91 Å². The second-order valence-electron chi connectivity index (χ2n) is 7.27. The Morgan fingerprint density at radius 1 is 1.00 bits per heavy atom. The molecule has 0 unspecified atom stereocenters. The van der Waals surface area contributed by atoms with E-state index in [1.54, 1.807) is 12.1 Å². The largest absolute Gasteiger partial charge is 0.272 e. The molecule has 4 rings (SSSR count). The van der Waals surface area contributed by atoms with Gasteiger partial charge >= 0.3 is 0 Å². The fraction of sp³-hybridized carbons (Fsp3) is 0.381. The van der Waals surface area contributed by atoms with Crippen molar-refractivity contribution in [3.8, 4) is 0 Å². The van der Waals surface area contributed by atoms with E-state index in [0.29, 0.717) is 24.7 Å². The van der Waals surface area contributed by atoms with Gasteiger partial charge < -0.3 is 0 Å². The van der Waals surface area contributed by atoms with Gasteiger partial charge in [0.2, 0.25) is 10.0 Å². The van der Waals surface area contributed by atoms with E-state index in [1.165, 1.54) is 27.3 Å². The number of carbonyl (C=O) groups excluding carboxylic acids is 1. The van der Waals surface area contributed by atoms with Gasteiger partial charge in [0.15, 0.2) is 0 Å². The van der Waals surface area contributed by atoms with Crippen molar-refractivity contribution in [2.24, 2.45) is 5.10 Å². The van der Waals surface area contributed by atoms with Gasteiger partial charge in [-0.3, -0.25) is 4.79 Å². The molecule has 0 atom stereocenters. The molecule has 7 nitrogen and oxygen atoms in total. The van der Waals surface area contributed by atoms with E-state index >= 15 is 0 Å². The van der Waals surface area contributed by atoms with Crippen LogP contribution in [0.2, 0.25) is 0 Å². The summed E-state index contributed by atoms with van der Waals surface area (Å²) in [5, 5.41) is 6.57. The lowest BCUT2D eigenvalue weighted by atomic mass is 10.1. The first-order chi connectivity index (χ1) is 14.5. The number of nitrogens with zero attached hydrogens (tertiary/aromatic N) is 4. The fourth-order valence-corrected chi connectivity index (χ4v) is 5.71. The predicted octanol–water partition coefficient (Wildman–Crippen LogP) is 2.98. The minimum Gasteiger partial charge on any atom is -0.272 e. The van der Waals surface area contributed by atoms with Crippen LogP contribution in [0, 0.1) is 0 Å². The molecule has 158 valence electrons. The molecule has 9 heteroatoms. The minimum atomic E-state index is -3.49. The van der Waals surface area contributed by atoms with Crippen LogP contribution in [-0.4, -0.2) is 59.7 Å². The molecule has 1 aromatic carbocycles. The SMILES string of the molecule is O=C(CSc1ccc(S(=O)(=O)N2CCCCC2)cn1)N1CCC(c2ccccc2)=N1. The summed E-state index contributed by atoms with van der Waals surface area (Å²) >= 11 is 1.29. The molecule has 2 aliphatic heterocycles. The predicted molar refractivity (Wildman–Crippen MR) is 117 cm³/mol. The normalized spacial score (nSPS) is 17.7. The van der Waals surface area contributed by atoms with Crippen molar-refractivity contribution in [2.45, 2.75) is 35.6 Å². The lowest BCUT2D eigenvalue weighted by molar-refractivity contribution is -0.127. The summed E-state index contributed by atoms with van der Waals surface area (Å²) in [6, 6.07) is 13.1. The van der Waals surface area contributed by atoms with E-state index in [1.807, 2.05) is 30.3 Å². The van der Waals surface area contributed by atoms with Gasteiger partial charge in [-0.25, -0.2) is 18.4 Å². The molecule has 0 aliphatic carbocycles. The second-order valence-corrected chi connectivity index (χ2v) is 10.2. The number of piperidine rings is 1. The van der Waals surface area contributed by atoms with Crippen LogP contribution in [-0.2, 0) is 14.8 Å². The van der Waals surface area contributed by atoms with Gasteiger partial charge in [-0.2, -0.15) is 9.41 Å². The molecule has 1 aromatic heterocycles. The van der Waals surface area contributed by atoms with Crippen molar-refractivity contribution >= 4 is 33.4 Å². The monoisotopic (exact) mass is 444 g/mol. The van der Waals surface area contributed by atoms with E-state index in [0.717, 1.165) is 37.0 Å². The van der Waals surface area contributed by atoms with Crippen LogP contribution in [0.4, 0.5) is 0 Å². The number of benzene rings is 1. The van der Waals surface area contributed by atoms with Crippen molar-refractivity contribution in [1.82, 2.24) is 14.3 Å². The summed E-state index contributed by atoms with van der Waals surface area (Å²) in [6.07, 6.45) is 4.99. The zero-order valence-corrected chi connectivity index (χ0v) is 18.2. The Hall–Kier alpha value is -2.23. The Labute approximate surface area is 181 Å². The van der Waals surface area contributed by atoms with E-state index in [-0.39, 0.29) is 16.6 Å². The van der Waals surface area contributed by atoms with Crippen LogP contribution in [0.15, 0.2) is 63.7 Å².